The third kappa shape index (κ3) is 3.99. The van der Waals surface area contributed by atoms with Gasteiger partial charge in [0.05, 0.1) is 22.4 Å². The van der Waals surface area contributed by atoms with E-state index < -0.39 is 0 Å². The lowest BCUT2D eigenvalue weighted by Gasteiger charge is -2.05. The van der Waals surface area contributed by atoms with Crippen molar-refractivity contribution in [3.63, 3.8) is 0 Å². The van der Waals surface area contributed by atoms with E-state index in [1.807, 2.05) is 43.6 Å². The van der Waals surface area contributed by atoms with E-state index in [0.717, 1.165) is 46.5 Å². The number of aromatic nitrogens is 7. The first-order chi connectivity index (χ1) is 17.6. The zero-order valence-electron chi connectivity index (χ0n) is 19.8. The summed E-state index contributed by atoms with van der Waals surface area (Å²) in [6.07, 6.45) is 5.35. The number of pyridine rings is 3. The predicted molar refractivity (Wildman–Crippen MR) is 138 cm³/mol. The highest BCUT2D eigenvalue weighted by atomic mass is 19.1. The van der Waals surface area contributed by atoms with Gasteiger partial charge in [0.1, 0.15) is 16.9 Å². The molecule has 178 valence electrons. The van der Waals surface area contributed by atoms with Gasteiger partial charge in [-0.1, -0.05) is 6.92 Å². The number of halogens is 1. The van der Waals surface area contributed by atoms with Gasteiger partial charge in [-0.3, -0.25) is 15.1 Å². The Morgan fingerprint density at radius 3 is 2.67 bits per heavy atom. The van der Waals surface area contributed by atoms with Crippen molar-refractivity contribution < 1.29 is 4.39 Å². The number of aromatic amines is 2. The standard InChI is InChI=1S/C27H23FN8/c1-3-29-12-16-10-18(14-30-13-16)20-4-5-22-25(32-20)26(36-35-22)27-33-21-6-7-31-23(24(21)34-27)17-8-15(2)9-19(28)11-17/h4-11,13-14,29H,3,12H2,1-2H3,(H,33,34)(H,35,36). The third-order valence-electron chi connectivity index (χ3n) is 6.02. The molecule has 0 aliphatic heterocycles. The summed E-state index contributed by atoms with van der Waals surface area (Å²) in [5.41, 5.74) is 8.43. The van der Waals surface area contributed by atoms with Crippen molar-refractivity contribution in [1.82, 2.24) is 40.4 Å². The average Bonchev–Trinajstić information content (AvgIpc) is 3.50. The number of nitrogens with one attached hydrogen (secondary N) is 3. The predicted octanol–water partition coefficient (Wildman–Crippen LogP) is 5.18. The zero-order chi connectivity index (χ0) is 24.6. The van der Waals surface area contributed by atoms with Crippen LogP contribution in [0.2, 0.25) is 0 Å². The Labute approximate surface area is 206 Å². The van der Waals surface area contributed by atoms with Crippen LogP contribution in [0.25, 0.3) is 56.1 Å². The van der Waals surface area contributed by atoms with Crippen LogP contribution in [0.3, 0.4) is 0 Å². The topological polar surface area (TPSA) is 108 Å². The molecule has 0 saturated carbocycles. The van der Waals surface area contributed by atoms with Crippen molar-refractivity contribution in [3.05, 3.63) is 78.0 Å². The molecule has 0 amide bonds. The van der Waals surface area contributed by atoms with Crippen LogP contribution in [0, 0.1) is 12.7 Å². The zero-order valence-corrected chi connectivity index (χ0v) is 19.8. The number of H-pyrrole nitrogens is 2. The molecule has 0 spiro atoms. The summed E-state index contributed by atoms with van der Waals surface area (Å²) < 4.78 is 14.1. The number of nitrogens with zero attached hydrogens (tertiary/aromatic N) is 5. The molecule has 0 bridgehead atoms. The molecule has 6 rings (SSSR count). The van der Waals surface area contributed by atoms with E-state index in [0.29, 0.717) is 33.8 Å². The lowest BCUT2D eigenvalue weighted by Crippen LogP contribution is -2.11. The Bertz CT molecular complexity index is 1700. The van der Waals surface area contributed by atoms with Crippen LogP contribution >= 0.6 is 0 Å². The number of benzene rings is 1. The molecule has 3 N–H and O–H groups in total. The number of aryl methyl sites for hydroxylation is 1. The van der Waals surface area contributed by atoms with E-state index in [9.17, 15) is 4.39 Å². The fourth-order valence-corrected chi connectivity index (χ4v) is 4.35. The Balaban J connectivity index is 1.44. The molecule has 0 fully saturated rings. The van der Waals surface area contributed by atoms with Crippen molar-refractivity contribution in [3.8, 4) is 34.0 Å². The molecule has 1 aromatic carbocycles. The Morgan fingerprint density at radius 1 is 0.917 bits per heavy atom. The smallest absolute Gasteiger partial charge is 0.161 e. The molecule has 6 aromatic rings. The minimum atomic E-state index is -0.307. The maximum absolute atomic E-state index is 14.1. The van der Waals surface area contributed by atoms with Gasteiger partial charge in [0.2, 0.25) is 0 Å². The maximum atomic E-state index is 14.1. The summed E-state index contributed by atoms with van der Waals surface area (Å²) in [6, 6.07) is 12.7. The van der Waals surface area contributed by atoms with Gasteiger partial charge in [-0.15, -0.1) is 0 Å². The van der Waals surface area contributed by atoms with Gasteiger partial charge >= 0.3 is 0 Å². The van der Waals surface area contributed by atoms with E-state index >= 15 is 0 Å². The molecule has 0 aliphatic carbocycles. The van der Waals surface area contributed by atoms with Crippen LogP contribution in [-0.2, 0) is 6.54 Å². The molecule has 36 heavy (non-hydrogen) atoms. The molecule has 0 atom stereocenters. The van der Waals surface area contributed by atoms with E-state index in [1.54, 1.807) is 6.20 Å². The van der Waals surface area contributed by atoms with Crippen molar-refractivity contribution in [1.29, 1.82) is 0 Å². The van der Waals surface area contributed by atoms with Crippen molar-refractivity contribution in [2.45, 2.75) is 20.4 Å². The van der Waals surface area contributed by atoms with Crippen LogP contribution in [-0.4, -0.2) is 41.7 Å². The Morgan fingerprint density at radius 2 is 1.81 bits per heavy atom. The van der Waals surface area contributed by atoms with E-state index in [-0.39, 0.29) is 5.82 Å². The molecule has 0 saturated heterocycles. The molecule has 0 radical (unpaired) electrons. The van der Waals surface area contributed by atoms with Crippen LogP contribution in [0.15, 0.2) is 61.1 Å². The highest BCUT2D eigenvalue weighted by Crippen LogP contribution is 2.31. The first kappa shape index (κ1) is 22.0. The fraction of sp³-hybridized carbons (Fsp3) is 0.148. The minimum absolute atomic E-state index is 0.307. The largest absolute Gasteiger partial charge is 0.336 e. The molecule has 9 heteroatoms. The fourth-order valence-electron chi connectivity index (χ4n) is 4.35. The highest BCUT2D eigenvalue weighted by Gasteiger charge is 2.18. The molecule has 8 nitrogen and oxygen atoms in total. The summed E-state index contributed by atoms with van der Waals surface area (Å²) in [6.45, 7) is 5.56. The summed E-state index contributed by atoms with van der Waals surface area (Å²) in [4.78, 5) is 21.9. The first-order valence-electron chi connectivity index (χ1n) is 11.7. The SMILES string of the molecule is CCNCc1cncc(-c2ccc3[nH]nc(-c4nc5c(-c6cc(C)cc(F)c6)nccc5[nH]4)c3n2)c1. The summed E-state index contributed by atoms with van der Waals surface area (Å²) in [5, 5.41) is 10.9. The maximum Gasteiger partial charge on any atom is 0.161 e. The van der Waals surface area contributed by atoms with Gasteiger partial charge in [0.15, 0.2) is 11.5 Å². The Hall–Kier alpha value is -4.50. The van der Waals surface area contributed by atoms with Crippen molar-refractivity contribution in [2.75, 3.05) is 6.54 Å². The van der Waals surface area contributed by atoms with Crippen molar-refractivity contribution in [2.24, 2.45) is 0 Å². The van der Waals surface area contributed by atoms with Gasteiger partial charge in [0.25, 0.3) is 0 Å². The molecule has 0 unspecified atom stereocenters. The van der Waals surface area contributed by atoms with Gasteiger partial charge in [-0.05, 0) is 67.1 Å². The summed E-state index contributed by atoms with van der Waals surface area (Å²) >= 11 is 0. The lowest BCUT2D eigenvalue weighted by atomic mass is 10.1. The number of rotatable bonds is 6. The van der Waals surface area contributed by atoms with Crippen LogP contribution in [0.4, 0.5) is 4.39 Å². The van der Waals surface area contributed by atoms with Gasteiger partial charge in [-0.2, -0.15) is 5.10 Å². The van der Waals surface area contributed by atoms with Crippen LogP contribution in [0.1, 0.15) is 18.1 Å². The number of fused-ring (bicyclic) bond motifs is 2. The summed E-state index contributed by atoms with van der Waals surface area (Å²) in [7, 11) is 0. The molecule has 5 heterocycles. The molecular formula is C27H23FN8. The minimum Gasteiger partial charge on any atom is -0.336 e. The number of imidazole rings is 1. The summed E-state index contributed by atoms with van der Waals surface area (Å²) in [5.74, 6) is 0.251. The monoisotopic (exact) mass is 478 g/mol. The first-order valence-corrected chi connectivity index (χ1v) is 11.7. The lowest BCUT2D eigenvalue weighted by molar-refractivity contribution is 0.627. The molecular weight excluding hydrogens is 455 g/mol. The van der Waals surface area contributed by atoms with Gasteiger partial charge in [0, 0.05) is 36.3 Å². The second-order valence-electron chi connectivity index (χ2n) is 8.69. The van der Waals surface area contributed by atoms with E-state index in [4.69, 9.17) is 9.97 Å². The second-order valence-corrected chi connectivity index (χ2v) is 8.69. The number of hydrogen-bond donors (Lipinski definition) is 3. The normalized spacial score (nSPS) is 11.5. The average molecular weight is 479 g/mol. The van der Waals surface area contributed by atoms with Crippen LogP contribution in [0.5, 0.6) is 0 Å². The van der Waals surface area contributed by atoms with Gasteiger partial charge < -0.3 is 10.3 Å². The highest BCUT2D eigenvalue weighted by molar-refractivity contribution is 5.95. The molecule has 5 aromatic heterocycles. The number of hydrogen-bond acceptors (Lipinski definition) is 6. The molecule has 0 aliphatic rings. The van der Waals surface area contributed by atoms with E-state index in [1.165, 1.54) is 12.1 Å². The van der Waals surface area contributed by atoms with E-state index in [2.05, 4.69) is 43.5 Å². The quantitative estimate of drug-likeness (QED) is 0.304. The van der Waals surface area contributed by atoms with Gasteiger partial charge in [-0.25, -0.2) is 14.4 Å². The van der Waals surface area contributed by atoms with Crippen LogP contribution < -0.4 is 5.32 Å². The van der Waals surface area contributed by atoms with Crippen molar-refractivity contribution >= 4 is 22.1 Å². The second kappa shape index (κ2) is 8.94. The Kier molecular flexibility index (Phi) is 5.46. The third-order valence-corrected chi connectivity index (χ3v) is 6.02.